The van der Waals surface area contributed by atoms with Gasteiger partial charge in [0.2, 0.25) is 0 Å². The Hall–Kier alpha value is -7.01. The van der Waals surface area contributed by atoms with E-state index in [0.717, 1.165) is 27.8 Å². The minimum absolute atomic E-state index is 0.645. The zero-order chi connectivity index (χ0) is 36.3. The van der Waals surface area contributed by atoms with Gasteiger partial charge in [-0.1, -0.05) is 170 Å². The molecule has 256 valence electrons. The van der Waals surface area contributed by atoms with Crippen LogP contribution in [-0.4, -0.2) is 15.0 Å². The van der Waals surface area contributed by atoms with E-state index < -0.39 is 0 Å². The number of aromatic nitrogens is 3. The van der Waals surface area contributed by atoms with E-state index in [0.29, 0.717) is 17.5 Å². The molecule has 0 aliphatic carbocycles. The summed E-state index contributed by atoms with van der Waals surface area (Å²) in [6, 6.07) is 66.9. The van der Waals surface area contributed by atoms with Gasteiger partial charge in [0.25, 0.3) is 0 Å². The van der Waals surface area contributed by atoms with Gasteiger partial charge in [-0.25, -0.2) is 15.0 Å². The molecule has 55 heavy (non-hydrogen) atoms. The number of fused-ring (bicyclic) bond motifs is 7. The number of thiophene rings is 1. The fraction of sp³-hybridized carbons (Fsp3) is 0. The van der Waals surface area contributed by atoms with Crippen molar-refractivity contribution in [2.24, 2.45) is 0 Å². The van der Waals surface area contributed by atoms with Crippen molar-refractivity contribution in [1.29, 1.82) is 0 Å². The van der Waals surface area contributed by atoms with E-state index in [1.807, 2.05) is 0 Å². The van der Waals surface area contributed by atoms with Crippen LogP contribution < -0.4 is 0 Å². The van der Waals surface area contributed by atoms with E-state index in [2.05, 4.69) is 188 Å². The van der Waals surface area contributed by atoms with Crippen LogP contribution in [0.2, 0.25) is 0 Å². The molecular weight excluding hydrogens is 687 g/mol. The molecule has 4 heteroatoms. The molecule has 0 bridgehead atoms. The molecule has 11 rings (SSSR count). The molecule has 0 saturated heterocycles. The second-order valence-electron chi connectivity index (χ2n) is 14.0. The number of rotatable bonds is 5. The third kappa shape index (κ3) is 5.38. The largest absolute Gasteiger partial charge is 0.208 e. The number of hydrogen-bond donors (Lipinski definition) is 0. The molecule has 0 aliphatic rings. The Labute approximate surface area is 321 Å². The molecule has 0 amide bonds. The molecule has 0 spiro atoms. The zero-order valence-corrected chi connectivity index (χ0v) is 30.5. The second-order valence-corrected chi connectivity index (χ2v) is 15.0. The molecule has 11 aromatic rings. The van der Waals surface area contributed by atoms with E-state index in [4.69, 9.17) is 15.0 Å². The number of benzene rings is 9. The maximum absolute atomic E-state index is 5.20. The Morgan fingerprint density at radius 1 is 0.291 bits per heavy atom. The molecule has 0 fully saturated rings. The first-order valence-corrected chi connectivity index (χ1v) is 19.3. The molecule has 0 saturated carbocycles. The molecule has 9 aromatic carbocycles. The summed E-state index contributed by atoms with van der Waals surface area (Å²) in [5, 5.41) is 9.92. The highest BCUT2D eigenvalue weighted by Crippen LogP contribution is 2.40. The first kappa shape index (κ1) is 31.5. The van der Waals surface area contributed by atoms with Crippen LogP contribution in [0.1, 0.15) is 0 Å². The van der Waals surface area contributed by atoms with Gasteiger partial charge in [-0.2, -0.15) is 0 Å². The molecule has 0 aliphatic heterocycles. The van der Waals surface area contributed by atoms with E-state index in [-0.39, 0.29) is 0 Å². The van der Waals surface area contributed by atoms with Crippen molar-refractivity contribution in [2.45, 2.75) is 0 Å². The average molecular weight is 718 g/mol. The van der Waals surface area contributed by atoms with Gasteiger partial charge in [0.15, 0.2) is 17.5 Å². The Balaban J connectivity index is 1.05. The Morgan fingerprint density at radius 3 is 1.53 bits per heavy atom. The first-order valence-electron chi connectivity index (χ1n) is 18.5. The SMILES string of the molecule is c1ccc2c(-c3ccc(-c4nc(-c5ccc(-c6cc7ccccc7c7ccccc67)cc5)nc(-c5cccc6c5sc5ccccc56)n4)cc3)cccc2c1. The summed E-state index contributed by atoms with van der Waals surface area (Å²) in [7, 11) is 0. The number of hydrogen-bond acceptors (Lipinski definition) is 4. The van der Waals surface area contributed by atoms with Crippen LogP contribution in [0.4, 0.5) is 0 Å². The van der Waals surface area contributed by atoms with E-state index in [1.165, 1.54) is 63.6 Å². The minimum Gasteiger partial charge on any atom is -0.208 e. The maximum atomic E-state index is 5.20. The lowest BCUT2D eigenvalue weighted by Gasteiger charge is -2.12. The van der Waals surface area contributed by atoms with Crippen LogP contribution >= 0.6 is 11.3 Å². The highest BCUT2D eigenvalue weighted by molar-refractivity contribution is 7.26. The third-order valence-electron chi connectivity index (χ3n) is 10.7. The quantitative estimate of drug-likeness (QED) is 0.166. The predicted molar refractivity (Wildman–Crippen MR) is 232 cm³/mol. The highest BCUT2D eigenvalue weighted by Gasteiger charge is 2.17. The van der Waals surface area contributed by atoms with E-state index in [9.17, 15) is 0 Å². The van der Waals surface area contributed by atoms with Crippen molar-refractivity contribution in [3.8, 4) is 56.4 Å². The van der Waals surface area contributed by atoms with E-state index in [1.54, 1.807) is 11.3 Å². The van der Waals surface area contributed by atoms with Crippen molar-refractivity contribution in [3.63, 3.8) is 0 Å². The molecule has 0 unspecified atom stereocenters. The van der Waals surface area contributed by atoms with Crippen LogP contribution in [-0.2, 0) is 0 Å². The summed E-state index contributed by atoms with van der Waals surface area (Å²) in [4.78, 5) is 15.5. The first-order chi connectivity index (χ1) is 27.2. The van der Waals surface area contributed by atoms with Crippen LogP contribution in [0.15, 0.2) is 188 Å². The Kier molecular flexibility index (Phi) is 7.35. The van der Waals surface area contributed by atoms with Crippen LogP contribution in [0, 0.1) is 0 Å². The van der Waals surface area contributed by atoms with Crippen molar-refractivity contribution < 1.29 is 0 Å². The van der Waals surface area contributed by atoms with Crippen LogP contribution in [0.25, 0.3) is 109 Å². The lowest BCUT2D eigenvalue weighted by molar-refractivity contribution is 1.08. The third-order valence-corrected chi connectivity index (χ3v) is 12.0. The standard InChI is InChI=1S/C51H31N3S/c1-3-14-38-32(11-1)13-9-19-39(38)33-23-27-35(28-24-33)49-52-50(54-51(53-49)45-21-10-20-44-43-18-7-8-22-47(43)55-48(44)45)36-29-25-34(26-30-36)46-31-37-12-2-4-15-40(37)41-16-5-6-17-42(41)46/h1-31H. The Bertz CT molecular complexity index is 3250. The Morgan fingerprint density at radius 2 is 0.782 bits per heavy atom. The summed E-state index contributed by atoms with van der Waals surface area (Å²) in [6.45, 7) is 0. The minimum atomic E-state index is 0.645. The highest BCUT2D eigenvalue weighted by atomic mass is 32.1. The second kappa shape index (κ2) is 12.8. The molecule has 0 radical (unpaired) electrons. The normalized spacial score (nSPS) is 11.6. The fourth-order valence-corrected chi connectivity index (χ4v) is 9.26. The fourth-order valence-electron chi connectivity index (χ4n) is 8.05. The average Bonchev–Trinajstić information content (AvgIpc) is 3.65. The molecule has 0 N–H and O–H groups in total. The summed E-state index contributed by atoms with van der Waals surface area (Å²) < 4.78 is 2.43. The summed E-state index contributed by atoms with van der Waals surface area (Å²) in [5.74, 6) is 1.96. The van der Waals surface area contributed by atoms with Crippen molar-refractivity contribution in [2.75, 3.05) is 0 Å². The van der Waals surface area contributed by atoms with Gasteiger partial charge in [0.05, 0.1) is 0 Å². The lowest BCUT2D eigenvalue weighted by Crippen LogP contribution is -2.00. The molecule has 2 heterocycles. The molecule has 0 atom stereocenters. The van der Waals surface area contributed by atoms with Gasteiger partial charge >= 0.3 is 0 Å². The molecule has 2 aromatic heterocycles. The smallest absolute Gasteiger partial charge is 0.165 e. The van der Waals surface area contributed by atoms with Crippen LogP contribution in [0.3, 0.4) is 0 Å². The number of nitrogens with zero attached hydrogens (tertiary/aromatic N) is 3. The molecule has 3 nitrogen and oxygen atoms in total. The van der Waals surface area contributed by atoms with Crippen LogP contribution in [0.5, 0.6) is 0 Å². The summed E-state index contributed by atoms with van der Waals surface area (Å²) in [5.41, 5.74) is 7.61. The van der Waals surface area contributed by atoms with Gasteiger partial charge < -0.3 is 0 Å². The van der Waals surface area contributed by atoms with Gasteiger partial charge in [0.1, 0.15) is 0 Å². The predicted octanol–water partition coefficient (Wildman–Crippen LogP) is 14.0. The molecular formula is C51H31N3S. The van der Waals surface area contributed by atoms with Crippen molar-refractivity contribution in [3.05, 3.63) is 188 Å². The maximum Gasteiger partial charge on any atom is 0.165 e. The zero-order valence-electron chi connectivity index (χ0n) is 29.6. The van der Waals surface area contributed by atoms with Gasteiger partial charge in [-0.15, -0.1) is 11.3 Å². The van der Waals surface area contributed by atoms with E-state index >= 15 is 0 Å². The van der Waals surface area contributed by atoms with Crippen molar-refractivity contribution in [1.82, 2.24) is 15.0 Å². The summed E-state index contributed by atoms with van der Waals surface area (Å²) >= 11 is 1.79. The summed E-state index contributed by atoms with van der Waals surface area (Å²) in [6.07, 6.45) is 0. The lowest BCUT2D eigenvalue weighted by atomic mass is 9.93. The van der Waals surface area contributed by atoms with Gasteiger partial charge in [-0.05, 0) is 72.8 Å². The topological polar surface area (TPSA) is 38.7 Å². The van der Waals surface area contributed by atoms with Gasteiger partial charge in [-0.3, -0.25) is 0 Å². The monoisotopic (exact) mass is 717 g/mol. The van der Waals surface area contributed by atoms with Crippen molar-refractivity contribution >= 4 is 63.8 Å². The van der Waals surface area contributed by atoms with Gasteiger partial charge in [0, 0.05) is 36.9 Å².